The summed E-state index contributed by atoms with van der Waals surface area (Å²) in [4.78, 5) is 26.3. The van der Waals surface area contributed by atoms with Gasteiger partial charge in [-0.1, -0.05) is 13.8 Å². The smallest absolute Gasteiger partial charge is 0.308 e. The van der Waals surface area contributed by atoms with Crippen LogP contribution in [-0.2, 0) is 11.2 Å². The number of carboxylic acids is 1. The van der Waals surface area contributed by atoms with Crippen molar-refractivity contribution in [2.45, 2.75) is 27.2 Å². The van der Waals surface area contributed by atoms with E-state index in [1.165, 1.54) is 21.1 Å². The SMILES string of the molecule is CCc1sc(C(=O)N(C)CC(C)C(=O)O)cc1C. The van der Waals surface area contributed by atoms with Crippen LogP contribution in [-0.4, -0.2) is 35.5 Å². The topological polar surface area (TPSA) is 57.6 Å². The van der Waals surface area contributed by atoms with E-state index >= 15 is 0 Å². The summed E-state index contributed by atoms with van der Waals surface area (Å²) in [5.41, 5.74) is 1.13. The van der Waals surface area contributed by atoms with Crippen molar-refractivity contribution >= 4 is 23.2 Å². The van der Waals surface area contributed by atoms with Crippen molar-refractivity contribution in [1.29, 1.82) is 0 Å². The lowest BCUT2D eigenvalue weighted by molar-refractivity contribution is -0.141. The van der Waals surface area contributed by atoms with E-state index in [1.807, 2.05) is 13.0 Å². The molecular weight excluding hydrogens is 250 g/mol. The van der Waals surface area contributed by atoms with Gasteiger partial charge in [0.15, 0.2) is 0 Å². The molecule has 100 valence electrons. The van der Waals surface area contributed by atoms with Gasteiger partial charge in [0, 0.05) is 18.5 Å². The van der Waals surface area contributed by atoms with Crippen LogP contribution in [0.15, 0.2) is 6.07 Å². The van der Waals surface area contributed by atoms with Gasteiger partial charge < -0.3 is 10.0 Å². The molecule has 1 atom stereocenters. The maximum absolute atomic E-state index is 12.1. The summed E-state index contributed by atoms with van der Waals surface area (Å²) < 4.78 is 0. The first-order valence-electron chi connectivity index (χ1n) is 5.94. The predicted octanol–water partition coefficient (Wildman–Crippen LogP) is 2.41. The Kier molecular flexibility index (Phi) is 4.90. The molecule has 0 radical (unpaired) electrons. The molecule has 0 aliphatic heterocycles. The number of aliphatic carboxylic acids is 1. The third-order valence-corrected chi connectivity index (χ3v) is 4.24. The third-order valence-electron chi connectivity index (χ3n) is 2.87. The minimum absolute atomic E-state index is 0.101. The summed E-state index contributed by atoms with van der Waals surface area (Å²) in [5.74, 6) is -1.53. The fourth-order valence-electron chi connectivity index (χ4n) is 1.74. The molecule has 1 unspecified atom stereocenters. The van der Waals surface area contributed by atoms with Gasteiger partial charge in [-0.05, 0) is 25.0 Å². The van der Waals surface area contributed by atoms with E-state index in [4.69, 9.17) is 5.11 Å². The van der Waals surface area contributed by atoms with E-state index in [0.717, 1.165) is 12.0 Å². The second kappa shape index (κ2) is 6.00. The molecule has 0 bridgehead atoms. The molecule has 0 saturated heterocycles. The van der Waals surface area contributed by atoms with Crippen LogP contribution in [0.2, 0.25) is 0 Å². The Hall–Kier alpha value is -1.36. The Balaban J connectivity index is 2.77. The van der Waals surface area contributed by atoms with Gasteiger partial charge in [-0.15, -0.1) is 11.3 Å². The number of hydrogen-bond acceptors (Lipinski definition) is 3. The lowest BCUT2D eigenvalue weighted by Gasteiger charge is -2.18. The quantitative estimate of drug-likeness (QED) is 0.893. The Morgan fingerprint density at radius 2 is 2.11 bits per heavy atom. The highest BCUT2D eigenvalue weighted by Crippen LogP contribution is 2.23. The first-order valence-corrected chi connectivity index (χ1v) is 6.76. The molecule has 0 aliphatic carbocycles. The Bertz CT molecular complexity index is 453. The van der Waals surface area contributed by atoms with E-state index in [2.05, 4.69) is 6.92 Å². The average molecular weight is 269 g/mol. The van der Waals surface area contributed by atoms with Gasteiger partial charge in [0.05, 0.1) is 10.8 Å². The molecule has 5 heteroatoms. The zero-order valence-electron chi connectivity index (χ0n) is 11.2. The number of carboxylic acid groups (broad SMARTS) is 1. The number of hydrogen-bond donors (Lipinski definition) is 1. The van der Waals surface area contributed by atoms with Crippen LogP contribution in [0.4, 0.5) is 0 Å². The molecule has 0 aromatic carbocycles. The molecule has 1 heterocycles. The van der Waals surface area contributed by atoms with Gasteiger partial charge >= 0.3 is 5.97 Å². The summed E-state index contributed by atoms with van der Waals surface area (Å²) in [6.07, 6.45) is 0.916. The van der Waals surface area contributed by atoms with E-state index in [9.17, 15) is 9.59 Å². The van der Waals surface area contributed by atoms with Gasteiger partial charge in [-0.25, -0.2) is 0 Å². The molecule has 0 fully saturated rings. The lowest BCUT2D eigenvalue weighted by atomic mass is 10.1. The normalized spacial score (nSPS) is 12.2. The Morgan fingerprint density at radius 1 is 1.50 bits per heavy atom. The Labute approximate surface area is 111 Å². The first-order chi connectivity index (χ1) is 8.36. The van der Waals surface area contributed by atoms with Gasteiger partial charge in [-0.2, -0.15) is 0 Å². The van der Waals surface area contributed by atoms with Crippen LogP contribution >= 0.6 is 11.3 Å². The molecule has 1 rings (SSSR count). The highest BCUT2D eigenvalue weighted by molar-refractivity contribution is 7.14. The molecule has 0 saturated carbocycles. The van der Waals surface area contributed by atoms with Gasteiger partial charge in [-0.3, -0.25) is 9.59 Å². The minimum atomic E-state index is -0.883. The molecule has 1 aromatic heterocycles. The molecule has 1 N–H and O–H groups in total. The van der Waals surface area contributed by atoms with Crippen molar-refractivity contribution in [2.75, 3.05) is 13.6 Å². The molecular formula is C13H19NO3S. The van der Waals surface area contributed by atoms with Crippen LogP contribution in [0.25, 0.3) is 0 Å². The van der Waals surface area contributed by atoms with Crippen molar-refractivity contribution in [1.82, 2.24) is 4.90 Å². The fourth-order valence-corrected chi connectivity index (χ4v) is 2.84. The zero-order valence-corrected chi connectivity index (χ0v) is 12.0. The highest BCUT2D eigenvalue weighted by Gasteiger charge is 2.20. The first kappa shape index (κ1) is 14.7. The van der Waals surface area contributed by atoms with Crippen molar-refractivity contribution in [3.05, 3.63) is 21.4 Å². The number of carbonyl (C=O) groups excluding carboxylic acids is 1. The Morgan fingerprint density at radius 3 is 2.56 bits per heavy atom. The number of amides is 1. The minimum Gasteiger partial charge on any atom is -0.481 e. The molecule has 1 aromatic rings. The van der Waals surface area contributed by atoms with Crippen LogP contribution < -0.4 is 0 Å². The second-order valence-electron chi connectivity index (χ2n) is 4.50. The monoisotopic (exact) mass is 269 g/mol. The summed E-state index contributed by atoms with van der Waals surface area (Å²) >= 11 is 1.49. The second-order valence-corrected chi connectivity index (χ2v) is 5.63. The van der Waals surface area contributed by atoms with Gasteiger partial charge in [0.2, 0.25) is 0 Å². The molecule has 0 spiro atoms. The van der Waals surface area contributed by atoms with Crippen molar-refractivity contribution < 1.29 is 14.7 Å². The number of carbonyl (C=O) groups is 2. The zero-order chi connectivity index (χ0) is 13.9. The average Bonchev–Trinajstić information content (AvgIpc) is 2.69. The highest BCUT2D eigenvalue weighted by atomic mass is 32.1. The van der Waals surface area contributed by atoms with Crippen molar-refractivity contribution in [3.8, 4) is 0 Å². The van der Waals surface area contributed by atoms with Gasteiger partial charge in [0.1, 0.15) is 0 Å². The van der Waals surface area contributed by atoms with Gasteiger partial charge in [0.25, 0.3) is 5.91 Å². The van der Waals surface area contributed by atoms with E-state index in [1.54, 1.807) is 14.0 Å². The fraction of sp³-hybridized carbons (Fsp3) is 0.538. The van der Waals surface area contributed by atoms with Crippen LogP contribution in [0.1, 0.15) is 34.0 Å². The summed E-state index contributed by atoms with van der Waals surface area (Å²) in [6, 6.07) is 1.88. The molecule has 4 nitrogen and oxygen atoms in total. The largest absolute Gasteiger partial charge is 0.481 e. The third kappa shape index (κ3) is 3.32. The van der Waals surface area contributed by atoms with E-state index in [0.29, 0.717) is 4.88 Å². The number of aryl methyl sites for hydroxylation is 2. The molecule has 1 amide bonds. The summed E-state index contributed by atoms with van der Waals surface area (Å²) in [6.45, 7) is 5.88. The maximum atomic E-state index is 12.1. The van der Waals surface area contributed by atoms with Crippen LogP contribution in [0.5, 0.6) is 0 Å². The van der Waals surface area contributed by atoms with Crippen LogP contribution in [0.3, 0.4) is 0 Å². The predicted molar refractivity (Wildman–Crippen MR) is 72.2 cm³/mol. The number of thiophene rings is 1. The summed E-state index contributed by atoms with van der Waals surface area (Å²) in [7, 11) is 1.64. The van der Waals surface area contributed by atoms with Crippen molar-refractivity contribution in [3.63, 3.8) is 0 Å². The van der Waals surface area contributed by atoms with Crippen molar-refractivity contribution in [2.24, 2.45) is 5.92 Å². The van der Waals surface area contributed by atoms with E-state index < -0.39 is 11.9 Å². The van der Waals surface area contributed by atoms with Crippen LogP contribution in [0, 0.1) is 12.8 Å². The lowest BCUT2D eigenvalue weighted by Crippen LogP contribution is -2.33. The number of nitrogens with zero attached hydrogens (tertiary/aromatic N) is 1. The molecule has 18 heavy (non-hydrogen) atoms. The maximum Gasteiger partial charge on any atom is 0.308 e. The number of rotatable bonds is 5. The summed E-state index contributed by atoms with van der Waals surface area (Å²) in [5, 5.41) is 8.83. The van der Waals surface area contributed by atoms with E-state index in [-0.39, 0.29) is 12.5 Å². The molecule has 0 aliphatic rings. The standard InChI is InChI=1S/C13H19NO3S/c1-5-10-8(2)6-11(18-10)12(15)14(4)7-9(3)13(16)17/h6,9H,5,7H2,1-4H3,(H,16,17).